The van der Waals surface area contributed by atoms with E-state index >= 15 is 0 Å². The van der Waals surface area contributed by atoms with Gasteiger partial charge >= 0.3 is 0 Å². The van der Waals surface area contributed by atoms with Crippen LogP contribution in [0.2, 0.25) is 0 Å². The molecule has 1 N–H and O–H groups in total. The summed E-state index contributed by atoms with van der Waals surface area (Å²) in [6, 6.07) is 2.49. The number of thiophene rings is 1. The second-order valence-corrected chi connectivity index (χ2v) is 7.09. The Labute approximate surface area is 122 Å². The summed E-state index contributed by atoms with van der Waals surface area (Å²) in [4.78, 5) is 1.42. The first-order valence-electron chi connectivity index (χ1n) is 7.30. The fourth-order valence-electron chi connectivity index (χ4n) is 2.37. The van der Waals surface area contributed by atoms with Gasteiger partial charge in [0, 0.05) is 11.5 Å². The number of hydrogen-bond donors (Lipinski definition) is 1. The van der Waals surface area contributed by atoms with E-state index in [0.29, 0.717) is 6.04 Å². The highest BCUT2D eigenvalue weighted by Crippen LogP contribution is 2.36. The van der Waals surface area contributed by atoms with Crippen molar-refractivity contribution in [2.75, 3.05) is 13.2 Å². The Morgan fingerprint density at radius 1 is 1.32 bits per heavy atom. The number of rotatable bonds is 7. The Morgan fingerprint density at radius 2 is 2.00 bits per heavy atom. The topological polar surface area (TPSA) is 21.3 Å². The number of ether oxygens (including phenoxy) is 1. The van der Waals surface area contributed by atoms with Gasteiger partial charge < -0.3 is 10.1 Å². The average molecular weight is 283 g/mol. The van der Waals surface area contributed by atoms with Crippen molar-refractivity contribution in [1.29, 1.82) is 0 Å². The molecule has 3 heteroatoms. The van der Waals surface area contributed by atoms with E-state index < -0.39 is 0 Å². The van der Waals surface area contributed by atoms with E-state index in [1.807, 2.05) is 11.3 Å². The standard InChI is InChI=1S/C16H29NOS/c1-7-10-17-13(14-12(3)9-11-19-14)15(18-8-2)16(4,5)6/h9,11,13,15,17H,7-8,10H2,1-6H3. The highest BCUT2D eigenvalue weighted by atomic mass is 32.1. The molecule has 1 heterocycles. The Morgan fingerprint density at radius 3 is 2.42 bits per heavy atom. The van der Waals surface area contributed by atoms with Crippen LogP contribution in [0, 0.1) is 12.3 Å². The van der Waals surface area contributed by atoms with E-state index in [1.165, 1.54) is 10.4 Å². The third-order valence-electron chi connectivity index (χ3n) is 3.30. The first-order chi connectivity index (χ1) is 8.91. The summed E-state index contributed by atoms with van der Waals surface area (Å²) < 4.78 is 6.09. The molecule has 0 bridgehead atoms. The molecule has 2 nitrogen and oxygen atoms in total. The molecular formula is C16H29NOS. The van der Waals surface area contributed by atoms with Crippen molar-refractivity contribution in [1.82, 2.24) is 5.32 Å². The second kappa shape index (κ2) is 7.41. The molecule has 2 unspecified atom stereocenters. The summed E-state index contributed by atoms with van der Waals surface area (Å²) in [5.74, 6) is 0. The Balaban J connectivity index is 3.03. The smallest absolute Gasteiger partial charge is 0.0825 e. The van der Waals surface area contributed by atoms with Crippen molar-refractivity contribution in [3.05, 3.63) is 21.9 Å². The summed E-state index contributed by atoms with van der Waals surface area (Å²) in [5, 5.41) is 5.87. The zero-order valence-corrected chi connectivity index (χ0v) is 14.1. The lowest BCUT2D eigenvalue weighted by Gasteiger charge is -2.37. The predicted molar refractivity (Wildman–Crippen MR) is 85.0 cm³/mol. The van der Waals surface area contributed by atoms with Gasteiger partial charge in [-0.05, 0) is 49.2 Å². The number of aryl methyl sites for hydroxylation is 1. The first kappa shape index (κ1) is 16.7. The van der Waals surface area contributed by atoms with E-state index in [9.17, 15) is 0 Å². The van der Waals surface area contributed by atoms with Crippen LogP contribution in [0.4, 0.5) is 0 Å². The summed E-state index contributed by atoms with van der Waals surface area (Å²) >= 11 is 1.84. The molecule has 1 rings (SSSR count). The lowest BCUT2D eigenvalue weighted by atomic mass is 9.83. The van der Waals surface area contributed by atoms with Crippen LogP contribution in [0.1, 0.15) is 57.5 Å². The van der Waals surface area contributed by atoms with Crippen LogP contribution in [-0.2, 0) is 4.74 Å². The van der Waals surface area contributed by atoms with Crippen LogP contribution >= 0.6 is 11.3 Å². The SMILES string of the molecule is CCCNC(c1sccc1C)C(OCC)C(C)(C)C. The van der Waals surface area contributed by atoms with Gasteiger partial charge in [0.05, 0.1) is 12.1 Å². The van der Waals surface area contributed by atoms with Crippen LogP contribution in [0.5, 0.6) is 0 Å². The molecule has 0 saturated carbocycles. The maximum atomic E-state index is 6.09. The van der Waals surface area contributed by atoms with Gasteiger partial charge in [-0.2, -0.15) is 0 Å². The largest absolute Gasteiger partial charge is 0.376 e. The van der Waals surface area contributed by atoms with Gasteiger partial charge in [-0.1, -0.05) is 27.7 Å². The van der Waals surface area contributed by atoms with Crippen LogP contribution < -0.4 is 5.32 Å². The fourth-order valence-corrected chi connectivity index (χ4v) is 3.39. The molecule has 0 spiro atoms. The molecule has 0 radical (unpaired) electrons. The van der Waals surface area contributed by atoms with Gasteiger partial charge in [-0.3, -0.25) is 0 Å². The van der Waals surface area contributed by atoms with Crippen molar-refractivity contribution in [3.8, 4) is 0 Å². The predicted octanol–water partition coefficient (Wildman–Crippen LogP) is 4.55. The Bertz CT molecular complexity index is 367. The maximum absolute atomic E-state index is 6.09. The van der Waals surface area contributed by atoms with Crippen LogP contribution in [0.15, 0.2) is 11.4 Å². The normalized spacial score (nSPS) is 15.5. The van der Waals surface area contributed by atoms with E-state index in [4.69, 9.17) is 4.74 Å². The maximum Gasteiger partial charge on any atom is 0.0825 e. The van der Waals surface area contributed by atoms with Gasteiger partial charge in [-0.15, -0.1) is 11.3 Å². The molecule has 1 aromatic heterocycles. The molecule has 0 aliphatic carbocycles. The molecule has 2 atom stereocenters. The summed E-state index contributed by atoms with van der Waals surface area (Å²) in [6.45, 7) is 15.1. The summed E-state index contributed by atoms with van der Waals surface area (Å²) in [6.07, 6.45) is 1.34. The van der Waals surface area contributed by atoms with E-state index in [-0.39, 0.29) is 11.5 Å². The first-order valence-corrected chi connectivity index (χ1v) is 8.18. The molecule has 1 aromatic rings. The minimum absolute atomic E-state index is 0.123. The summed E-state index contributed by atoms with van der Waals surface area (Å²) in [7, 11) is 0. The zero-order valence-electron chi connectivity index (χ0n) is 13.2. The molecule has 19 heavy (non-hydrogen) atoms. The molecule has 0 fully saturated rings. The van der Waals surface area contributed by atoms with Crippen molar-refractivity contribution < 1.29 is 4.74 Å². The van der Waals surface area contributed by atoms with Gasteiger partial charge in [0.2, 0.25) is 0 Å². The summed E-state index contributed by atoms with van der Waals surface area (Å²) in [5.41, 5.74) is 1.49. The molecule has 110 valence electrons. The van der Waals surface area contributed by atoms with Crippen molar-refractivity contribution >= 4 is 11.3 Å². The molecular weight excluding hydrogens is 254 g/mol. The number of hydrogen-bond acceptors (Lipinski definition) is 3. The van der Waals surface area contributed by atoms with E-state index in [0.717, 1.165) is 19.6 Å². The lowest BCUT2D eigenvalue weighted by molar-refractivity contribution is -0.0359. The minimum Gasteiger partial charge on any atom is -0.376 e. The Kier molecular flexibility index (Phi) is 6.51. The van der Waals surface area contributed by atoms with Crippen LogP contribution in [-0.4, -0.2) is 19.3 Å². The molecule has 0 saturated heterocycles. The average Bonchev–Trinajstić information content (AvgIpc) is 2.73. The minimum atomic E-state index is 0.123. The van der Waals surface area contributed by atoms with Crippen molar-refractivity contribution in [3.63, 3.8) is 0 Å². The zero-order chi connectivity index (χ0) is 14.5. The highest BCUT2D eigenvalue weighted by molar-refractivity contribution is 7.10. The van der Waals surface area contributed by atoms with Crippen molar-refractivity contribution in [2.24, 2.45) is 5.41 Å². The molecule has 0 aliphatic rings. The van der Waals surface area contributed by atoms with Crippen LogP contribution in [0.25, 0.3) is 0 Å². The fraction of sp³-hybridized carbons (Fsp3) is 0.750. The monoisotopic (exact) mass is 283 g/mol. The molecule has 0 amide bonds. The lowest BCUT2D eigenvalue weighted by Crippen LogP contribution is -2.42. The van der Waals surface area contributed by atoms with E-state index in [1.54, 1.807) is 0 Å². The van der Waals surface area contributed by atoms with Gasteiger partial charge in [0.15, 0.2) is 0 Å². The van der Waals surface area contributed by atoms with E-state index in [2.05, 4.69) is 58.3 Å². The molecule has 0 aliphatic heterocycles. The van der Waals surface area contributed by atoms with Crippen LogP contribution in [0.3, 0.4) is 0 Å². The third kappa shape index (κ3) is 4.59. The highest BCUT2D eigenvalue weighted by Gasteiger charge is 2.34. The van der Waals surface area contributed by atoms with Gasteiger partial charge in [-0.25, -0.2) is 0 Å². The molecule has 0 aromatic carbocycles. The van der Waals surface area contributed by atoms with Crippen molar-refractivity contribution in [2.45, 2.75) is 60.1 Å². The second-order valence-electron chi connectivity index (χ2n) is 6.14. The quantitative estimate of drug-likeness (QED) is 0.792. The van der Waals surface area contributed by atoms with Gasteiger partial charge in [0.25, 0.3) is 0 Å². The van der Waals surface area contributed by atoms with Gasteiger partial charge in [0.1, 0.15) is 0 Å². The third-order valence-corrected chi connectivity index (χ3v) is 4.40. The number of nitrogens with one attached hydrogen (secondary N) is 1. The Hall–Kier alpha value is -0.380.